The van der Waals surface area contributed by atoms with Crippen molar-refractivity contribution in [1.29, 1.82) is 0 Å². The Morgan fingerprint density at radius 1 is 1.35 bits per heavy atom. The number of nitrogens with zero attached hydrogens (tertiary/aromatic N) is 1. The van der Waals surface area contributed by atoms with Crippen LogP contribution in [0.4, 0.5) is 0 Å². The second-order valence-electron chi connectivity index (χ2n) is 4.01. The zero-order chi connectivity index (χ0) is 12.8. The third-order valence-electron chi connectivity index (χ3n) is 2.26. The number of pyridine rings is 1. The second kappa shape index (κ2) is 6.13. The van der Waals surface area contributed by atoms with Crippen molar-refractivity contribution in [3.05, 3.63) is 29.6 Å². The van der Waals surface area contributed by atoms with E-state index in [4.69, 9.17) is 4.74 Å². The van der Waals surface area contributed by atoms with Gasteiger partial charge in [0.1, 0.15) is 12.1 Å². The molecule has 1 rings (SSSR count). The first-order valence-corrected chi connectivity index (χ1v) is 5.70. The highest BCUT2D eigenvalue weighted by Gasteiger charge is 2.14. The van der Waals surface area contributed by atoms with Crippen molar-refractivity contribution in [2.75, 3.05) is 6.61 Å². The summed E-state index contributed by atoms with van der Waals surface area (Å²) in [6.07, 6.45) is -0.248. The average molecular weight is 235 g/mol. The summed E-state index contributed by atoms with van der Waals surface area (Å²) < 4.78 is 4.72. The van der Waals surface area contributed by atoms with Crippen LogP contribution in [0.1, 0.15) is 49.3 Å². The predicted octanol–water partition coefficient (Wildman–Crippen LogP) is 2.34. The van der Waals surface area contributed by atoms with E-state index in [1.165, 1.54) is 0 Å². The lowest BCUT2D eigenvalue weighted by Crippen LogP contribution is -2.13. The topological polar surface area (TPSA) is 56.3 Å². The molecule has 0 aliphatic heterocycles. The Hall–Kier alpha value is -1.71. The highest BCUT2D eigenvalue weighted by atomic mass is 16.5. The smallest absolute Gasteiger partial charge is 0.313 e. The number of hydrogen-bond acceptors (Lipinski definition) is 4. The van der Waals surface area contributed by atoms with E-state index in [0.29, 0.717) is 5.69 Å². The second-order valence-corrected chi connectivity index (χ2v) is 4.01. The maximum atomic E-state index is 11.7. The molecule has 0 bridgehead atoms. The van der Waals surface area contributed by atoms with Gasteiger partial charge in [0.05, 0.1) is 6.61 Å². The van der Waals surface area contributed by atoms with Gasteiger partial charge in [-0.1, -0.05) is 19.9 Å². The van der Waals surface area contributed by atoms with Crippen LogP contribution in [0.5, 0.6) is 0 Å². The zero-order valence-corrected chi connectivity index (χ0v) is 10.4. The molecule has 4 heteroatoms. The molecule has 0 aliphatic carbocycles. The minimum absolute atomic E-state index is 0.248. The summed E-state index contributed by atoms with van der Waals surface area (Å²) in [5.74, 6) is -0.550. The molecule has 0 fully saturated rings. The number of aromatic nitrogens is 1. The van der Waals surface area contributed by atoms with Crippen LogP contribution < -0.4 is 0 Å². The fourth-order valence-corrected chi connectivity index (χ4v) is 1.36. The molecule has 1 aromatic rings. The molecule has 0 aromatic carbocycles. The fourth-order valence-electron chi connectivity index (χ4n) is 1.36. The van der Waals surface area contributed by atoms with E-state index in [0.717, 1.165) is 5.69 Å². The Kier molecular flexibility index (Phi) is 4.82. The summed E-state index contributed by atoms with van der Waals surface area (Å²) in [6.45, 7) is 6.00. The molecule has 0 saturated carbocycles. The van der Waals surface area contributed by atoms with Crippen LogP contribution in [-0.4, -0.2) is 23.3 Å². The van der Waals surface area contributed by atoms with Gasteiger partial charge in [0.25, 0.3) is 0 Å². The normalized spacial score (nSPS) is 10.4. The van der Waals surface area contributed by atoms with E-state index >= 15 is 0 Å². The molecule has 17 heavy (non-hydrogen) atoms. The first-order chi connectivity index (χ1) is 8.04. The van der Waals surface area contributed by atoms with Gasteiger partial charge in [-0.25, -0.2) is 4.98 Å². The van der Waals surface area contributed by atoms with E-state index in [1.54, 1.807) is 19.1 Å². The van der Waals surface area contributed by atoms with Crippen molar-refractivity contribution in [2.45, 2.75) is 33.1 Å². The predicted molar refractivity (Wildman–Crippen MR) is 63.9 cm³/mol. The lowest BCUT2D eigenvalue weighted by Gasteiger charge is -2.06. The monoisotopic (exact) mass is 235 g/mol. The van der Waals surface area contributed by atoms with Crippen LogP contribution in [0.25, 0.3) is 0 Å². The summed E-state index contributed by atoms with van der Waals surface area (Å²) in [5.41, 5.74) is 1.17. The average Bonchev–Trinajstić information content (AvgIpc) is 2.29. The number of ether oxygens (including phenoxy) is 1. The van der Waals surface area contributed by atoms with Crippen LogP contribution in [-0.2, 0) is 9.53 Å². The molecule has 1 aromatic heterocycles. The van der Waals surface area contributed by atoms with Crippen molar-refractivity contribution in [2.24, 2.45) is 0 Å². The Morgan fingerprint density at radius 3 is 2.65 bits per heavy atom. The summed E-state index contributed by atoms with van der Waals surface area (Å²) in [4.78, 5) is 27.1. The molecule has 0 spiro atoms. The summed E-state index contributed by atoms with van der Waals surface area (Å²) in [6, 6.07) is 5.26. The molecule has 0 amide bonds. The number of carbonyl (C=O) groups excluding carboxylic acids is 2. The fraction of sp³-hybridized carbons (Fsp3) is 0.462. The molecular weight excluding hydrogens is 218 g/mol. The Morgan fingerprint density at radius 2 is 2.06 bits per heavy atom. The SMILES string of the molecule is CCOC(=O)CC(=O)c1cccc(C(C)C)n1. The number of Topliss-reactive ketones (excluding diaryl/α,β-unsaturated/α-hetero) is 1. The van der Waals surface area contributed by atoms with Crippen LogP contribution in [0, 0.1) is 0 Å². The number of ketones is 1. The molecule has 0 N–H and O–H groups in total. The highest BCUT2D eigenvalue weighted by Crippen LogP contribution is 2.12. The maximum absolute atomic E-state index is 11.7. The third kappa shape index (κ3) is 3.98. The van der Waals surface area contributed by atoms with Gasteiger partial charge in [-0.3, -0.25) is 9.59 Å². The summed E-state index contributed by atoms with van der Waals surface area (Å²) in [7, 11) is 0. The quantitative estimate of drug-likeness (QED) is 0.446. The number of hydrogen-bond donors (Lipinski definition) is 0. The van der Waals surface area contributed by atoms with Gasteiger partial charge in [0.2, 0.25) is 0 Å². The molecule has 0 aliphatic rings. The van der Waals surface area contributed by atoms with Gasteiger partial charge in [0, 0.05) is 5.69 Å². The number of rotatable bonds is 5. The van der Waals surface area contributed by atoms with Gasteiger partial charge >= 0.3 is 5.97 Å². The van der Waals surface area contributed by atoms with Gasteiger partial charge in [0.15, 0.2) is 5.78 Å². The van der Waals surface area contributed by atoms with Crippen LogP contribution in [0.3, 0.4) is 0 Å². The van der Waals surface area contributed by atoms with Crippen molar-refractivity contribution >= 4 is 11.8 Å². The Bertz CT molecular complexity index is 413. The van der Waals surface area contributed by atoms with E-state index in [2.05, 4.69) is 4.98 Å². The van der Waals surface area contributed by atoms with E-state index in [1.807, 2.05) is 19.9 Å². The number of carbonyl (C=O) groups is 2. The Labute approximate surface area is 101 Å². The minimum Gasteiger partial charge on any atom is -0.466 e. The van der Waals surface area contributed by atoms with Crippen molar-refractivity contribution < 1.29 is 14.3 Å². The molecule has 0 radical (unpaired) electrons. The lowest BCUT2D eigenvalue weighted by molar-refractivity contribution is -0.141. The van der Waals surface area contributed by atoms with Gasteiger partial charge < -0.3 is 4.74 Å². The van der Waals surface area contributed by atoms with Crippen molar-refractivity contribution in [3.63, 3.8) is 0 Å². The van der Waals surface area contributed by atoms with Crippen LogP contribution >= 0.6 is 0 Å². The van der Waals surface area contributed by atoms with Crippen molar-refractivity contribution in [1.82, 2.24) is 4.98 Å². The summed E-state index contributed by atoms with van der Waals surface area (Å²) >= 11 is 0. The van der Waals surface area contributed by atoms with Gasteiger partial charge in [-0.05, 0) is 25.0 Å². The van der Waals surface area contributed by atoms with Crippen molar-refractivity contribution in [3.8, 4) is 0 Å². The third-order valence-corrected chi connectivity index (χ3v) is 2.26. The molecule has 0 atom stereocenters. The maximum Gasteiger partial charge on any atom is 0.313 e. The molecule has 92 valence electrons. The lowest BCUT2D eigenvalue weighted by atomic mass is 10.1. The largest absolute Gasteiger partial charge is 0.466 e. The van der Waals surface area contributed by atoms with Gasteiger partial charge in [-0.2, -0.15) is 0 Å². The Balaban J connectivity index is 2.75. The summed E-state index contributed by atoms with van der Waals surface area (Å²) in [5, 5.41) is 0. The number of esters is 1. The minimum atomic E-state index is -0.505. The standard InChI is InChI=1S/C13H17NO3/c1-4-17-13(16)8-12(15)11-7-5-6-10(14-11)9(2)3/h5-7,9H,4,8H2,1-3H3. The molecule has 0 saturated heterocycles. The zero-order valence-electron chi connectivity index (χ0n) is 10.4. The van der Waals surface area contributed by atoms with Crippen LogP contribution in [0.2, 0.25) is 0 Å². The first-order valence-electron chi connectivity index (χ1n) is 5.70. The van der Waals surface area contributed by atoms with E-state index in [9.17, 15) is 9.59 Å². The molecule has 0 unspecified atom stereocenters. The molecule has 1 heterocycles. The highest BCUT2D eigenvalue weighted by molar-refractivity contribution is 6.04. The van der Waals surface area contributed by atoms with Crippen LogP contribution in [0.15, 0.2) is 18.2 Å². The molecule has 4 nitrogen and oxygen atoms in total. The van der Waals surface area contributed by atoms with Gasteiger partial charge in [-0.15, -0.1) is 0 Å². The van der Waals surface area contributed by atoms with E-state index < -0.39 is 5.97 Å². The van der Waals surface area contributed by atoms with E-state index in [-0.39, 0.29) is 24.7 Å². The molecular formula is C13H17NO3. The first kappa shape index (κ1) is 13.4.